The number of H-pyrrole nitrogens is 1. The van der Waals surface area contributed by atoms with E-state index in [2.05, 4.69) is 9.97 Å². The predicted molar refractivity (Wildman–Crippen MR) is 61.5 cm³/mol. The van der Waals surface area contributed by atoms with Gasteiger partial charge in [-0.25, -0.2) is 4.98 Å². The lowest BCUT2D eigenvalue weighted by Crippen LogP contribution is -2.05. The molecule has 2 heterocycles. The zero-order valence-corrected chi connectivity index (χ0v) is 9.85. The summed E-state index contributed by atoms with van der Waals surface area (Å²) in [7, 11) is 1.90. The molecule has 15 heavy (non-hydrogen) atoms. The van der Waals surface area contributed by atoms with E-state index in [1.807, 2.05) is 28.6 Å². The molecule has 0 spiro atoms. The maximum Gasteiger partial charge on any atom is 0.177 e. The highest BCUT2D eigenvalue weighted by Crippen LogP contribution is 2.10. The minimum atomic E-state index is 0.655. The molecule has 1 N–H and O–H groups in total. The molecule has 0 bridgehead atoms. The zero-order valence-electron chi connectivity index (χ0n) is 8.27. The van der Waals surface area contributed by atoms with Crippen LogP contribution < -0.4 is 0 Å². The van der Waals surface area contributed by atoms with E-state index < -0.39 is 0 Å². The van der Waals surface area contributed by atoms with Crippen molar-refractivity contribution in [3.63, 3.8) is 0 Å². The molecular formula is C9H11ClN4S. The summed E-state index contributed by atoms with van der Waals surface area (Å²) in [6, 6.07) is 0. The number of aryl methyl sites for hydroxylation is 2. The second kappa shape index (κ2) is 4.20. The molecule has 2 rings (SSSR count). The summed E-state index contributed by atoms with van der Waals surface area (Å²) in [5, 5.41) is 0.655. The van der Waals surface area contributed by atoms with Gasteiger partial charge in [-0.3, -0.25) is 0 Å². The van der Waals surface area contributed by atoms with E-state index in [1.165, 1.54) is 0 Å². The van der Waals surface area contributed by atoms with E-state index in [1.54, 1.807) is 6.20 Å². The van der Waals surface area contributed by atoms with E-state index >= 15 is 0 Å². The van der Waals surface area contributed by atoms with Crippen LogP contribution in [0.25, 0.3) is 0 Å². The van der Waals surface area contributed by atoms with Gasteiger partial charge in [0.1, 0.15) is 11.0 Å². The van der Waals surface area contributed by atoms with E-state index in [9.17, 15) is 0 Å². The van der Waals surface area contributed by atoms with Crippen LogP contribution in [0.5, 0.6) is 0 Å². The molecule has 0 saturated carbocycles. The molecular weight excluding hydrogens is 232 g/mol. The van der Waals surface area contributed by atoms with Crippen LogP contribution in [0.2, 0.25) is 5.15 Å². The van der Waals surface area contributed by atoms with Crippen LogP contribution in [-0.4, -0.2) is 19.1 Å². The quantitative estimate of drug-likeness (QED) is 0.838. The molecule has 2 aromatic heterocycles. The monoisotopic (exact) mass is 242 g/mol. The summed E-state index contributed by atoms with van der Waals surface area (Å²) in [6.45, 7) is 0.809. The van der Waals surface area contributed by atoms with Gasteiger partial charge in [0.05, 0.1) is 6.20 Å². The van der Waals surface area contributed by atoms with Crippen molar-refractivity contribution in [2.75, 3.05) is 0 Å². The number of aromatic amines is 1. The van der Waals surface area contributed by atoms with Crippen LogP contribution in [0.3, 0.4) is 0 Å². The fourth-order valence-corrected chi connectivity index (χ4v) is 1.77. The van der Waals surface area contributed by atoms with Crippen molar-refractivity contribution in [1.29, 1.82) is 0 Å². The molecule has 0 unspecified atom stereocenters. The first-order chi connectivity index (χ1) is 7.18. The fourth-order valence-electron chi connectivity index (χ4n) is 1.40. The lowest BCUT2D eigenvalue weighted by molar-refractivity contribution is 0.644. The molecule has 0 aromatic carbocycles. The lowest BCUT2D eigenvalue weighted by atomic mass is 10.4. The number of imidazole rings is 2. The van der Waals surface area contributed by atoms with Crippen LogP contribution >= 0.6 is 23.8 Å². The van der Waals surface area contributed by atoms with Gasteiger partial charge in [-0.05, 0) is 12.2 Å². The van der Waals surface area contributed by atoms with E-state index in [0.717, 1.165) is 23.6 Å². The Labute approximate surface area is 97.5 Å². The molecule has 0 atom stereocenters. The van der Waals surface area contributed by atoms with E-state index in [0.29, 0.717) is 5.15 Å². The van der Waals surface area contributed by atoms with Crippen LogP contribution in [0, 0.1) is 4.77 Å². The minimum Gasteiger partial charge on any atom is -0.337 e. The average Bonchev–Trinajstić information content (AvgIpc) is 2.74. The molecule has 0 amide bonds. The number of nitrogens with one attached hydrogen (secondary N) is 1. The van der Waals surface area contributed by atoms with Crippen molar-refractivity contribution in [1.82, 2.24) is 19.1 Å². The van der Waals surface area contributed by atoms with Crippen LogP contribution in [-0.2, 0) is 20.0 Å². The smallest absolute Gasteiger partial charge is 0.177 e. The first-order valence-electron chi connectivity index (χ1n) is 4.58. The molecule has 0 saturated heterocycles. The third-order valence-corrected chi connectivity index (χ3v) is 3.03. The largest absolute Gasteiger partial charge is 0.337 e. The molecule has 0 aliphatic heterocycles. The van der Waals surface area contributed by atoms with Crippen molar-refractivity contribution in [2.24, 2.45) is 7.05 Å². The van der Waals surface area contributed by atoms with Gasteiger partial charge in [-0.15, -0.1) is 0 Å². The third-order valence-electron chi connectivity index (χ3n) is 2.33. The molecule has 2 aromatic rings. The summed E-state index contributed by atoms with van der Waals surface area (Å²) in [5.74, 6) is 0.961. The highest BCUT2D eigenvalue weighted by atomic mass is 35.5. The fraction of sp³-hybridized carbons (Fsp3) is 0.333. The first kappa shape index (κ1) is 10.4. The van der Waals surface area contributed by atoms with Crippen molar-refractivity contribution >= 4 is 23.8 Å². The highest BCUT2D eigenvalue weighted by Gasteiger charge is 2.04. The van der Waals surface area contributed by atoms with Crippen molar-refractivity contribution < 1.29 is 0 Å². The number of hydrogen-bond acceptors (Lipinski definition) is 2. The number of rotatable bonds is 3. The lowest BCUT2D eigenvalue weighted by Gasteiger charge is -2.03. The number of hydrogen-bond donors (Lipinski definition) is 1. The molecule has 0 radical (unpaired) electrons. The maximum atomic E-state index is 5.89. The standard InChI is InChI=1S/C9H11ClN4S/c1-13-7(10)6-12-8(13)2-4-14-5-3-11-9(14)15/h3,5-6H,2,4H2,1H3,(H,11,15). The Kier molecular flexibility index (Phi) is 2.93. The maximum absolute atomic E-state index is 5.89. The SMILES string of the molecule is Cn1c(Cl)cnc1CCn1cc[nH]c1=S. The Morgan fingerprint density at radius 3 is 2.93 bits per heavy atom. The van der Waals surface area contributed by atoms with Gasteiger partial charge in [-0.2, -0.15) is 0 Å². The predicted octanol–water partition coefficient (Wildman–Crippen LogP) is 2.18. The topological polar surface area (TPSA) is 38.5 Å². The van der Waals surface area contributed by atoms with Gasteiger partial charge < -0.3 is 14.1 Å². The highest BCUT2D eigenvalue weighted by molar-refractivity contribution is 7.71. The van der Waals surface area contributed by atoms with Gasteiger partial charge in [-0.1, -0.05) is 11.6 Å². The van der Waals surface area contributed by atoms with Gasteiger partial charge >= 0.3 is 0 Å². The minimum absolute atomic E-state index is 0.655. The van der Waals surface area contributed by atoms with Crippen LogP contribution in [0.15, 0.2) is 18.6 Å². The van der Waals surface area contributed by atoms with Crippen molar-refractivity contribution in [3.8, 4) is 0 Å². The molecule has 6 heteroatoms. The zero-order chi connectivity index (χ0) is 10.8. The van der Waals surface area contributed by atoms with Crippen LogP contribution in [0.4, 0.5) is 0 Å². The van der Waals surface area contributed by atoms with Crippen LogP contribution in [0.1, 0.15) is 5.82 Å². The van der Waals surface area contributed by atoms with Crippen molar-refractivity contribution in [2.45, 2.75) is 13.0 Å². The molecule has 0 aliphatic rings. The normalized spacial score (nSPS) is 10.8. The Morgan fingerprint density at radius 1 is 1.60 bits per heavy atom. The molecule has 0 fully saturated rings. The molecule has 80 valence electrons. The summed E-state index contributed by atoms with van der Waals surface area (Å²) in [5.41, 5.74) is 0. The van der Waals surface area contributed by atoms with Crippen molar-refractivity contribution in [3.05, 3.63) is 34.3 Å². The Morgan fingerprint density at radius 2 is 2.40 bits per heavy atom. The second-order valence-electron chi connectivity index (χ2n) is 3.26. The Bertz CT molecular complexity index is 510. The molecule has 4 nitrogen and oxygen atoms in total. The average molecular weight is 243 g/mol. The summed E-state index contributed by atoms with van der Waals surface area (Å²) in [4.78, 5) is 7.17. The molecule has 0 aliphatic carbocycles. The summed E-state index contributed by atoms with van der Waals surface area (Å²) in [6.07, 6.45) is 6.23. The van der Waals surface area contributed by atoms with E-state index in [4.69, 9.17) is 23.8 Å². The number of nitrogens with zero attached hydrogens (tertiary/aromatic N) is 3. The van der Waals surface area contributed by atoms with E-state index in [-0.39, 0.29) is 0 Å². The Hall–Kier alpha value is -1.07. The third kappa shape index (κ3) is 2.13. The summed E-state index contributed by atoms with van der Waals surface area (Å²) >= 11 is 11.0. The summed E-state index contributed by atoms with van der Waals surface area (Å²) < 4.78 is 4.57. The van der Waals surface area contributed by atoms with Gasteiger partial charge in [0.2, 0.25) is 0 Å². The second-order valence-corrected chi connectivity index (χ2v) is 4.04. The Balaban J connectivity index is 2.09. The van der Waals surface area contributed by atoms with Gasteiger partial charge in [0.15, 0.2) is 4.77 Å². The number of aromatic nitrogens is 4. The first-order valence-corrected chi connectivity index (χ1v) is 5.37. The van der Waals surface area contributed by atoms with Gasteiger partial charge in [0, 0.05) is 32.4 Å². The van der Waals surface area contributed by atoms with Gasteiger partial charge in [0.25, 0.3) is 0 Å². The number of halogens is 1.